The Labute approximate surface area is 167 Å². The van der Waals surface area contributed by atoms with Crippen LogP contribution in [-0.2, 0) is 17.5 Å². The first-order valence-corrected chi connectivity index (χ1v) is 9.06. The Morgan fingerprint density at radius 1 is 1.14 bits per heavy atom. The minimum Gasteiger partial charge on any atom is -0.457 e. The normalized spacial score (nSPS) is 12.6. The van der Waals surface area contributed by atoms with E-state index in [2.05, 4.69) is 5.32 Å². The van der Waals surface area contributed by atoms with Crippen LogP contribution in [0.25, 0.3) is 0 Å². The lowest BCUT2D eigenvalue weighted by Gasteiger charge is -2.11. The van der Waals surface area contributed by atoms with E-state index in [9.17, 15) is 18.0 Å². The van der Waals surface area contributed by atoms with Crippen molar-refractivity contribution in [3.05, 3.63) is 83.1 Å². The highest BCUT2D eigenvalue weighted by Crippen LogP contribution is 2.32. The molecule has 0 radical (unpaired) electrons. The van der Waals surface area contributed by atoms with Crippen LogP contribution in [0, 0.1) is 0 Å². The van der Waals surface area contributed by atoms with Gasteiger partial charge in [0.15, 0.2) is 0 Å². The Kier molecular flexibility index (Phi) is 7.47. The van der Waals surface area contributed by atoms with Crippen LogP contribution in [-0.4, -0.2) is 5.91 Å². The van der Waals surface area contributed by atoms with Crippen molar-refractivity contribution < 1.29 is 22.7 Å². The van der Waals surface area contributed by atoms with E-state index in [4.69, 9.17) is 10.5 Å². The Balaban J connectivity index is 2.00. The van der Waals surface area contributed by atoms with Gasteiger partial charge in [0, 0.05) is 12.2 Å². The zero-order valence-electron chi connectivity index (χ0n) is 16.2. The number of carbonyl (C=O) groups excluding carboxylic acids is 1. The molecule has 0 aromatic heterocycles. The fourth-order valence-corrected chi connectivity index (χ4v) is 2.45. The van der Waals surface area contributed by atoms with Crippen molar-refractivity contribution in [1.82, 2.24) is 5.32 Å². The molecule has 0 unspecified atom stereocenters. The molecule has 1 amide bonds. The van der Waals surface area contributed by atoms with Gasteiger partial charge in [-0.2, -0.15) is 13.2 Å². The van der Waals surface area contributed by atoms with Crippen molar-refractivity contribution >= 4 is 5.91 Å². The summed E-state index contributed by atoms with van der Waals surface area (Å²) >= 11 is 0. The Bertz CT molecular complexity index is 897. The van der Waals surface area contributed by atoms with Crippen molar-refractivity contribution in [2.45, 2.75) is 33.0 Å². The lowest BCUT2D eigenvalue weighted by atomic mass is 10.1. The molecule has 0 saturated heterocycles. The molecule has 2 aromatic carbocycles. The van der Waals surface area contributed by atoms with Gasteiger partial charge in [-0.3, -0.25) is 4.79 Å². The molecule has 0 heterocycles. The van der Waals surface area contributed by atoms with Gasteiger partial charge in [-0.05, 0) is 49.2 Å². The molecule has 0 aliphatic rings. The molecular weight excluding hydrogens is 381 g/mol. The van der Waals surface area contributed by atoms with E-state index in [1.54, 1.807) is 37.3 Å². The fraction of sp³-hybridized carbons (Fsp3) is 0.227. The average molecular weight is 404 g/mol. The van der Waals surface area contributed by atoms with E-state index in [0.29, 0.717) is 17.0 Å². The molecule has 0 bridgehead atoms. The summed E-state index contributed by atoms with van der Waals surface area (Å²) in [6.07, 6.45) is -0.0950. The molecule has 29 heavy (non-hydrogen) atoms. The zero-order chi connectivity index (χ0) is 21.4. The summed E-state index contributed by atoms with van der Waals surface area (Å²) in [7, 11) is 0. The topological polar surface area (TPSA) is 64.3 Å². The fourth-order valence-electron chi connectivity index (χ4n) is 2.45. The monoisotopic (exact) mass is 404 g/mol. The zero-order valence-corrected chi connectivity index (χ0v) is 16.2. The maximum atomic E-state index is 12.8. The SMILES string of the molecule is CC/C=C\C(C(=O)NCc1ccc(Oc2cccc(C(F)(F)F)c2)cc1)=C(/C)N. The van der Waals surface area contributed by atoms with Crippen LogP contribution >= 0.6 is 0 Å². The van der Waals surface area contributed by atoms with E-state index in [1.807, 2.05) is 13.0 Å². The van der Waals surface area contributed by atoms with E-state index in [-0.39, 0.29) is 18.2 Å². The van der Waals surface area contributed by atoms with Crippen LogP contribution in [0.15, 0.2) is 72.0 Å². The number of halogens is 3. The highest BCUT2D eigenvalue weighted by molar-refractivity contribution is 5.96. The Hall–Kier alpha value is -3.22. The van der Waals surface area contributed by atoms with Crippen molar-refractivity contribution in [3.63, 3.8) is 0 Å². The van der Waals surface area contributed by atoms with Gasteiger partial charge >= 0.3 is 6.18 Å². The highest BCUT2D eigenvalue weighted by atomic mass is 19.4. The molecule has 154 valence electrons. The number of carbonyl (C=O) groups is 1. The molecule has 0 atom stereocenters. The first-order valence-electron chi connectivity index (χ1n) is 9.06. The molecule has 3 N–H and O–H groups in total. The van der Waals surface area contributed by atoms with Crippen LogP contribution in [0.4, 0.5) is 13.2 Å². The summed E-state index contributed by atoms with van der Waals surface area (Å²) in [5.74, 6) is 0.208. The van der Waals surface area contributed by atoms with Crippen LogP contribution in [0.5, 0.6) is 11.5 Å². The maximum absolute atomic E-state index is 12.8. The smallest absolute Gasteiger partial charge is 0.416 e. The van der Waals surface area contributed by atoms with E-state index in [0.717, 1.165) is 24.1 Å². The minimum atomic E-state index is -4.43. The third kappa shape index (κ3) is 6.71. The number of benzene rings is 2. The van der Waals surface area contributed by atoms with Crippen LogP contribution in [0.1, 0.15) is 31.4 Å². The van der Waals surface area contributed by atoms with Gasteiger partial charge in [-0.25, -0.2) is 0 Å². The summed E-state index contributed by atoms with van der Waals surface area (Å²) in [6, 6.07) is 11.4. The molecule has 4 nitrogen and oxygen atoms in total. The lowest BCUT2D eigenvalue weighted by Crippen LogP contribution is -2.25. The molecule has 2 aromatic rings. The number of nitrogens with one attached hydrogen (secondary N) is 1. The standard InChI is InChI=1S/C22H23F3N2O2/c1-3-4-8-20(15(2)26)21(28)27-14-16-9-11-18(12-10-16)29-19-7-5-6-17(13-19)22(23,24)25/h4-13H,3,14,26H2,1-2H3,(H,27,28)/b8-4-,20-15-. The van der Waals surface area contributed by atoms with E-state index < -0.39 is 11.7 Å². The Morgan fingerprint density at radius 3 is 2.41 bits per heavy atom. The van der Waals surface area contributed by atoms with Gasteiger partial charge in [-0.1, -0.05) is 37.3 Å². The highest BCUT2D eigenvalue weighted by Gasteiger charge is 2.30. The van der Waals surface area contributed by atoms with Crippen LogP contribution < -0.4 is 15.8 Å². The largest absolute Gasteiger partial charge is 0.457 e. The van der Waals surface area contributed by atoms with Crippen molar-refractivity contribution in [3.8, 4) is 11.5 Å². The predicted molar refractivity (Wildman–Crippen MR) is 106 cm³/mol. The van der Waals surface area contributed by atoms with Crippen LogP contribution in [0.2, 0.25) is 0 Å². The summed E-state index contributed by atoms with van der Waals surface area (Å²) < 4.78 is 43.8. The van der Waals surface area contributed by atoms with Gasteiger partial charge in [0.25, 0.3) is 5.91 Å². The van der Waals surface area contributed by atoms with E-state index >= 15 is 0 Å². The third-order valence-electron chi connectivity index (χ3n) is 3.96. The Morgan fingerprint density at radius 2 is 1.83 bits per heavy atom. The van der Waals surface area contributed by atoms with Gasteiger partial charge in [0.05, 0.1) is 11.1 Å². The average Bonchev–Trinajstić information content (AvgIpc) is 2.67. The predicted octanol–water partition coefficient (Wildman–Crippen LogP) is 5.31. The van der Waals surface area contributed by atoms with Gasteiger partial charge in [0.2, 0.25) is 0 Å². The van der Waals surface area contributed by atoms with Crippen molar-refractivity contribution in [2.75, 3.05) is 0 Å². The van der Waals surface area contributed by atoms with Crippen molar-refractivity contribution in [2.24, 2.45) is 5.73 Å². The molecular formula is C22H23F3N2O2. The lowest BCUT2D eigenvalue weighted by molar-refractivity contribution is -0.137. The number of ether oxygens (including phenoxy) is 1. The molecule has 0 saturated carbocycles. The molecule has 0 aliphatic heterocycles. The molecule has 0 aliphatic carbocycles. The number of allylic oxidation sites excluding steroid dienone is 2. The number of hydrogen-bond donors (Lipinski definition) is 2. The van der Waals surface area contributed by atoms with E-state index in [1.165, 1.54) is 12.1 Å². The minimum absolute atomic E-state index is 0.0942. The molecule has 0 spiro atoms. The molecule has 2 rings (SSSR count). The third-order valence-corrected chi connectivity index (χ3v) is 3.96. The summed E-state index contributed by atoms with van der Waals surface area (Å²) in [4.78, 5) is 12.3. The van der Waals surface area contributed by atoms with Gasteiger partial charge < -0.3 is 15.8 Å². The molecule has 7 heteroatoms. The van der Waals surface area contributed by atoms with Crippen molar-refractivity contribution in [1.29, 1.82) is 0 Å². The number of amides is 1. The second kappa shape index (κ2) is 9.82. The summed E-state index contributed by atoms with van der Waals surface area (Å²) in [6.45, 7) is 3.90. The second-order valence-corrected chi connectivity index (χ2v) is 6.36. The van der Waals surface area contributed by atoms with Gasteiger partial charge in [-0.15, -0.1) is 0 Å². The summed E-state index contributed by atoms with van der Waals surface area (Å²) in [5, 5.41) is 2.79. The quantitative estimate of drug-likeness (QED) is 0.485. The number of alkyl halides is 3. The van der Waals surface area contributed by atoms with Gasteiger partial charge in [0.1, 0.15) is 11.5 Å². The number of rotatable bonds is 7. The summed E-state index contributed by atoms with van der Waals surface area (Å²) in [5.41, 5.74) is 6.64. The maximum Gasteiger partial charge on any atom is 0.416 e. The number of hydrogen-bond acceptors (Lipinski definition) is 3. The number of nitrogens with two attached hydrogens (primary N) is 1. The first-order chi connectivity index (χ1) is 13.7. The second-order valence-electron chi connectivity index (χ2n) is 6.36. The van der Waals surface area contributed by atoms with Crippen LogP contribution in [0.3, 0.4) is 0 Å². The molecule has 0 fully saturated rings. The first kappa shape index (κ1) is 22.1.